The van der Waals surface area contributed by atoms with Crippen LogP contribution >= 0.6 is 0 Å². The first-order valence-corrected chi connectivity index (χ1v) is 13.6. The number of ketones is 1. The van der Waals surface area contributed by atoms with Crippen molar-refractivity contribution in [3.8, 4) is 0 Å². The first-order valence-electron chi connectivity index (χ1n) is 13.6. The highest BCUT2D eigenvalue weighted by atomic mass is 16.4. The summed E-state index contributed by atoms with van der Waals surface area (Å²) in [5.74, 6) is -3.66. The molecule has 0 aromatic rings. The smallest absolute Gasteiger partial charge is 0.326 e. The van der Waals surface area contributed by atoms with E-state index in [1.165, 1.54) is 64.2 Å². The average Bonchev–Trinajstić information content (AvgIpc) is 2.79. The van der Waals surface area contributed by atoms with Crippen LogP contribution < -0.4 is 5.32 Å². The highest BCUT2D eigenvalue weighted by Gasteiger charge is 2.24. The molecule has 2 atom stereocenters. The van der Waals surface area contributed by atoms with E-state index in [1.807, 2.05) is 6.92 Å². The van der Waals surface area contributed by atoms with Crippen LogP contribution in [0, 0.1) is 5.92 Å². The molecule has 0 heterocycles. The molecule has 7 nitrogen and oxygen atoms in total. The van der Waals surface area contributed by atoms with E-state index >= 15 is 0 Å². The number of nitrogens with one attached hydrogen (secondary N) is 1. The standard InChI is InChI=1S/C27H49NO6/c1-3-5-6-7-8-9-10-11-12-13-14-15-16-18-23(29)21-22(26(31)32)19-20-25(30)28-24(17-4-2)27(33)34/h22,24H,3-21H2,1-2H3,(H,28,30)(H,31,32)(H,33,34). The minimum Gasteiger partial charge on any atom is -0.481 e. The van der Waals surface area contributed by atoms with Gasteiger partial charge in [0.15, 0.2) is 0 Å². The van der Waals surface area contributed by atoms with E-state index in [-0.39, 0.29) is 25.0 Å². The molecule has 3 N–H and O–H groups in total. The lowest BCUT2D eigenvalue weighted by atomic mass is 9.94. The Morgan fingerprint density at radius 3 is 1.56 bits per heavy atom. The number of aliphatic carboxylic acids is 2. The van der Waals surface area contributed by atoms with Gasteiger partial charge in [-0.1, -0.05) is 97.3 Å². The molecule has 0 saturated carbocycles. The summed E-state index contributed by atoms with van der Waals surface area (Å²) in [5.41, 5.74) is 0. The van der Waals surface area contributed by atoms with Gasteiger partial charge >= 0.3 is 11.9 Å². The molecular formula is C27H49NO6. The lowest BCUT2D eigenvalue weighted by Gasteiger charge is -2.15. The monoisotopic (exact) mass is 483 g/mol. The molecule has 34 heavy (non-hydrogen) atoms. The van der Waals surface area contributed by atoms with Gasteiger partial charge in [0.25, 0.3) is 0 Å². The maximum absolute atomic E-state index is 12.2. The molecule has 7 heteroatoms. The number of carbonyl (C=O) groups excluding carboxylic acids is 2. The third-order valence-corrected chi connectivity index (χ3v) is 6.31. The summed E-state index contributed by atoms with van der Waals surface area (Å²) in [5, 5.41) is 20.9. The molecule has 0 bridgehead atoms. The summed E-state index contributed by atoms with van der Waals surface area (Å²) in [6.07, 6.45) is 17.1. The number of unbranched alkanes of at least 4 members (excludes halogenated alkanes) is 12. The van der Waals surface area contributed by atoms with Crippen molar-refractivity contribution in [3.05, 3.63) is 0 Å². The molecule has 2 unspecified atom stereocenters. The van der Waals surface area contributed by atoms with Crippen molar-refractivity contribution >= 4 is 23.6 Å². The fourth-order valence-corrected chi connectivity index (χ4v) is 4.15. The molecule has 0 radical (unpaired) electrons. The predicted molar refractivity (Wildman–Crippen MR) is 135 cm³/mol. The Hall–Kier alpha value is -1.92. The second kappa shape index (κ2) is 21.6. The van der Waals surface area contributed by atoms with E-state index < -0.39 is 29.8 Å². The molecule has 0 rings (SSSR count). The second-order valence-electron chi connectivity index (χ2n) is 9.56. The maximum Gasteiger partial charge on any atom is 0.326 e. The van der Waals surface area contributed by atoms with Crippen LogP contribution in [-0.4, -0.2) is 39.9 Å². The van der Waals surface area contributed by atoms with Crippen LogP contribution in [-0.2, 0) is 19.2 Å². The van der Waals surface area contributed by atoms with Crippen molar-refractivity contribution in [2.24, 2.45) is 5.92 Å². The van der Waals surface area contributed by atoms with Crippen LogP contribution in [0.25, 0.3) is 0 Å². The molecule has 0 aliphatic carbocycles. The third-order valence-electron chi connectivity index (χ3n) is 6.31. The molecule has 198 valence electrons. The summed E-state index contributed by atoms with van der Waals surface area (Å²) in [7, 11) is 0. The van der Waals surface area contributed by atoms with E-state index in [4.69, 9.17) is 5.11 Å². The predicted octanol–water partition coefficient (Wildman–Crippen LogP) is 6.28. The van der Waals surface area contributed by atoms with E-state index in [1.54, 1.807) is 0 Å². The molecule has 0 spiro atoms. The highest BCUT2D eigenvalue weighted by molar-refractivity contribution is 5.85. The van der Waals surface area contributed by atoms with Gasteiger partial charge in [-0.05, 0) is 19.3 Å². The zero-order chi connectivity index (χ0) is 25.6. The van der Waals surface area contributed by atoms with Crippen molar-refractivity contribution in [2.45, 2.75) is 142 Å². The number of carboxylic acids is 2. The first-order chi connectivity index (χ1) is 16.3. The molecule has 0 aromatic carbocycles. The fourth-order valence-electron chi connectivity index (χ4n) is 4.15. The van der Waals surface area contributed by atoms with Crippen LogP contribution in [0.15, 0.2) is 0 Å². The van der Waals surface area contributed by atoms with Gasteiger partial charge in [-0.2, -0.15) is 0 Å². The lowest BCUT2D eigenvalue weighted by Crippen LogP contribution is -2.40. The normalized spacial score (nSPS) is 12.8. The van der Waals surface area contributed by atoms with Gasteiger partial charge < -0.3 is 15.5 Å². The number of carbonyl (C=O) groups is 4. The summed E-state index contributed by atoms with van der Waals surface area (Å²) in [6, 6.07) is -0.960. The maximum atomic E-state index is 12.2. The van der Waals surface area contributed by atoms with E-state index in [0.29, 0.717) is 19.3 Å². The van der Waals surface area contributed by atoms with Gasteiger partial charge in [0.05, 0.1) is 5.92 Å². The fraction of sp³-hybridized carbons (Fsp3) is 0.852. The molecule has 1 amide bonds. The van der Waals surface area contributed by atoms with E-state index in [9.17, 15) is 24.3 Å². The van der Waals surface area contributed by atoms with E-state index in [0.717, 1.165) is 19.3 Å². The molecule has 0 fully saturated rings. The Morgan fingerprint density at radius 2 is 1.12 bits per heavy atom. The number of carboxylic acid groups (broad SMARTS) is 2. The van der Waals surface area contributed by atoms with Gasteiger partial charge in [-0.15, -0.1) is 0 Å². The van der Waals surface area contributed by atoms with Gasteiger partial charge in [0.2, 0.25) is 5.91 Å². The largest absolute Gasteiger partial charge is 0.481 e. The molecule has 0 aromatic heterocycles. The second-order valence-corrected chi connectivity index (χ2v) is 9.56. The van der Waals surface area contributed by atoms with Crippen LogP contribution in [0.2, 0.25) is 0 Å². The van der Waals surface area contributed by atoms with Gasteiger partial charge in [0.1, 0.15) is 11.8 Å². The number of hydrogen-bond acceptors (Lipinski definition) is 4. The summed E-state index contributed by atoms with van der Waals surface area (Å²) < 4.78 is 0. The number of rotatable bonds is 24. The quantitative estimate of drug-likeness (QED) is 0.139. The average molecular weight is 484 g/mol. The van der Waals surface area contributed by atoms with Crippen molar-refractivity contribution in [1.82, 2.24) is 5.32 Å². The zero-order valence-electron chi connectivity index (χ0n) is 21.6. The minimum atomic E-state index is -1.10. The molecule has 0 aliphatic heterocycles. The summed E-state index contributed by atoms with van der Waals surface area (Å²) >= 11 is 0. The zero-order valence-corrected chi connectivity index (χ0v) is 21.6. The van der Waals surface area contributed by atoms with Crippen molar-refractivity contribution in [1.29, 1.82) is 0 Å². The van der Waals surface area contributed by atoms with Crippen molar-refractivity contribution in [2.75, 3.05) is 0 Å². The minimum absolute atomic E-state index is 0.0317. The molecule has 0 saturated heterocycles. The highest BCUT2D eigenvalue weighted by Crippen LogP contribution is 2.17. The van der Waals surface area contributed by atoms with E-state index in [2.05, 4.69) is 12.2 Å². The number of hydrogen-bond donors (Lipinski definition) is 3. The van der Waals surface area contributed by atoms with Gasteiger partial charge in [0, 0.05) is 19.3 Å². The van der Waals surface area contributed by atoms with Crippen LogP contribution in [0.5, 0.6) is 0 Å². The Balaban J connectivity index is 3.91. The summed E-state index contributed by atoms with van der Waals surface area (Å²) in [4.78, 5) is 46.8. The van der Waals surface area contributed by atoms with Gasteiger partial charge in [-0.3, -0.25) is 14.4 Å². The van der Waals surface area contributed by atoms with Crippen molar-refractivity contribution < 1.29 is 29.4 Å². The summed E-state index contributed by atoms with van der Waals surface area (Å²) in [6.45, 7) is 4.06. The first kappa shape index (κ1) is 32.1. The molecular weight excluding hydrogens is 434 g/mol. The third kappa shape index (κ3) is 18.5. The van der Waals surface area contributed by atoms with Crippen LogP contribution in [0.1, 0.15) is 136 Å². The number of amides is 1. The Labute approximate surface area is 206 Å². The van der Waals surface area contributed by atoms with Crippen LogP contribution in [0.4, 0.5) is 0 Å². The van der Waals surface area contributed by atoms with Crippen molar-refractivity contribution in [3.63, 3.8) is 0 Å². The van der Waals surface area contributed by atoms with Gasteiger partial charge in [-0.25, -0.2) is 4.79 Å². The Kier molecular flexibility index (Phi) is 20.4. The Bertz CT molecular complexity index is 577. The Morgan fingerprint density at radius 1 is 0.618 bits per heavy atom. The lowest BCUT2D eigenvalue weighted by molar-refractivity contribution is -0.145. The topological polar surface area (TPSA) is 121 Å². The SMILES string of the molecule is CCCCCCCCCCCCCCCC(=O)CC(CCC(=O)NC(CCC)C(=O)O)C(=O)O. The molecule has 0 aliphatic rings. The van der Waals surface area contributed by atoms with Crippen LogP contribution in [0.3, 0.4) is 0 Å². The number of Topliss-reactive ketones (excluding diaryl/α,β-unsaturated/α-hetero) is 1.